The second-order valence-electron chi connectivity index (χ2n) is 11.5. The van der Waals surface area contributed by atoms with E-state index in [0.29, 0.717) is 17.8 Å². The van der Waals surface area contributed by atoms with Gasteiger partial charge in [0.05, 0.1) is 16.5 Å². The number of fused-ring (bicyclic) bond motifs is 6. The number of likely N-dealkylation sites (N-methyl/N-ethyl adjacent to an activating group) is 1. The molecule has 2 saturated heterocycles. The van der Waals surface area contributed by atoms with Crippen molar-refractivity contribution >= 4 is 39.3 Å². The standard InChI is InChI=1S/C16H23NO2.C12H15N3S/c18-15-13-11-6-7-12(8-11)14(13)16(19)17(15)9-10-4-2-1-3-5-10;1-14-6-8-15(9-7-14)12-10-4-2-3-5-11(10)16-13-12/h10-14H,1-9H2;2-5H,6-9H2,1H3/t11-,12+,13+,14-;. The number of carbonyl (C=O) groups excluding carboxylic acids is 2. The van der Waals surface area contributed by atoms with Gasteiger partial charge in [0.1, 0.15) is 5.82 Å². The number of hydrogen-bond donors (Lipinski definition) is 0. The lowest BCUT2D eigenvalue weighted by Gasteiger charge is -2.32. The highest BCUT2D eigenvalue weighted by molar-refractivity contribution is 7.13. The highest BCUT2D eigenvalue weighted by atomic mass is 32.1. The molecule has 0 unspecified atom stereocenters. The lowest BCUT2D eigenvalue weighted by atomic mass is 9.81. The topological polar surface area (TPSA) is 56.8 Å². The van der Waals surface area contributed by atoms with E-state index in [1.807, 2.05) is 0 Å². The van der Waals surface area contributed by atoms with Gasteiger partial charge < -0.3 is 9.80 Å². The lowest BCUT2D eigenvalue weighted by Crippen LogP contribution is -2.44. The first-order chi connectivity index (χ1) is 17.1. The van der Waals surface area contributed by atoms with Crippen molar-refractivity contribution in [1.29, 1.82) is 0 Å². The molecule has 3 heterocycles. The minimum absolute atomic E-state index is 0.0786. The normalized spacial score (nSPS) is 31.2. The highest BCUT2D eigenvalue weighted by Gasteiger charge is 2.60. The quantitative estimate of drug-likeness (QED) is 0.582. The molecule has 5 aliphatic rings. The molecule has 3 saturated carbocycles. The second kappa shape index (κ2) is 9.81. The van der Waals surface area contributed by atoms with Crippen LogP contribution in [0.2, 0.25) is 0 Å². The molecule has 7 heteroatoms. The molecule has 1 aromatic carbocycles. The van der Waals surface area contributed by atoms with Gasteiger partial charge in [-0.25, -0.2) is 0 Å². The number of benzene rings is 1. The van der Waals surface area contributed by atoms with Crippen LogP contribution in [0.5, 0.6) is 0 Å². The van der Waals surface area contributed by atoms with E-state index in [2.05, 4.69) is 45.5 Å². The Hall–Kier alpha value is -1.99. The summed E-state index contributed by atoms with van der Waals surface area (Å²) in [6.45, 7) is 5.16. The Morgan fingerprint density at radius 2 is 1.54 bits per heavy atom. The molecular weight excluding hydrogens is 456 g/mol. The molecule has 35 heavy (non-hydrogen) atoms. The van der Waals surface area contributed by atoms with Crippen LogP contribution >= 0.6 is 11.5 Å². The molecule has 3 aliphatic carbocycles. The van der Waals surface area contributed by atoms with E-state index >= 15 is 0 Å². The maximum atomic E-state index is 12.6. The van der Waals surface area contributed by atoms with Crippen molar-refractivity contribution < 1.29 is 9.59 Å². The molecule has 4 atom stereocenters. The minimum atomic E-state index is 0.0786. The van der Waals surface area contributed by atoms with E-state index in [-0.39, 0.29) is 23.7 Å². The first-order valence-corrected chi connectivity index (χ1v) is 14.5. The van der Waals surface area contributed by atoms with Crippen molar-refractivity contribution in [2.24, 2.45) is 29.6 Å². The van der Waals surface area contributed by atoms with Crippen LogP contribution in [0, 0.1) is 29.6 Å². The number of anilines is 1. The van der Waals surface area contributed by atoms with Gasteiger partial charge in [0.25, 0.3) is 0 Å². The number of aromatic nitrogens is 1. The summed E-state index contributed by atoms with van der Waals surface area (Å²) in [4.78, 5) is 31.6. The van der Waals surface area contributed by atoms with Crippen molar-refractivity contribution in [2.75, 3.05) is 44.7 Å². The number of rotatable bonds is 3. The summed E-state index contributed by atoms with van der Waals surface area (Å²) in [5.41, 5.74) is 0. The molecule has 2 bridgehead atoms. The van der Waals surface area contributed by atoms with Gasteiger partial charge in [-0.1, -0.05) is 31.4 Å². The Balaban J connectivity index is 0.000000133. The third kappa shape index (κ3) is 4.39. The van der Waals surface area contributed by atoms with Crippen LogP contribution in [-0.4, -0.2) is 65.8 Å². The smallest absolute Gasteiger partial charge is 0.233 e. The van der Waals surface area contributed by atoms with Gasteiger partial charge in [-0.2, -0.15) is 4.37 Å². The summed E-state index contributed by atoms with van der Waals surface area (Å²) in [5.74, 6) is 3.35. The summed E-state index contributed by atoms with van der Waals surface area (Å²) in [5, 5.41) is 1.30. The van der Waals surface area contributed by atoms with E-state index in [4.69, 9.17) is 0 Å². The summed E-state index contributed by atoms with van der Waals surface area (Å²) < 4.78 is 5.88. The van der Waals surface area contributed by atoms with E-state index < -0.39 is 0 Å². The van der Waals surface area contributed by atoms with Crippen LogP contribution in [0.15, 0.2) is 24.3 Å². The third-order valence-corrected chi connectivity index (χ3v) is 10.2. The Morgan fingerprint density at radius 3 is 2.23 bits per heavy atom. The van der Waals surface area contributed by atoms with Crippen LogP contribution in [0.1, 0.15) is 51.4 Å². The zero-order valence-electron chi connectivity index (χ0n) is 20.9. The zero-order valence-corrected chi connectivity index (χ0v) is 21.7. The number of piperazine rings is 1. The molecule has 2 aromatic rings. The first kappa shape index (κ1) is 23.4. The van der Waals surface area contributed by atoms with Crippen LogP contribution < -0.4 is 4.90 Å². The van der Waals surface area contributed by atoms with Crippen molar-refractivity contribution in [3.63, 3.8) is 0 Å². The second-order valence-corrected chi connectivity index (χ2v) is 12.3. The minimum Gasteiger partial charge on any atom is -0.353 e. The van der Waals surface area contributed by atoms with Crippen molar-refractivity contribution in [3.05, 3.63) is 24.3 Å². The van der Waals surface area contributed by atoms with Crippen LogP contribution in [-0.2, 0) is 9.59 Å². The van der Waals surface area contributed by atoms with Crippen LogP contribution in [0.3, 0.4) is 0 Å². The maximum absolute atomic E-state index is 12.6. The first-order valence-electron chi connectivity index (χ1n) is 13.7. The monoisotopic (exact) mass is 494 g/mol. The summed E-state index contributed by atoms with van der Waals surface area (Å²) >= 11 is 1.60. The van der Waals surface area contributed by atoms with E-state index in [1.165, 1.54) is 60.8 Å². The molecule has 7 rings (SSSR count). The maximum Gasteiger partial charge on any atom is 0.233 e. The SMILES string of the molecule is CN1CCN(c2nsc3ccccc23)CC1.O=C1[C@@H]2[C@H]3CC[C@H](C3)[C@@H]2C(=O)N1CC1CCCCC1. The number of hydrogen-bond acceptors (Lipinski definition) is 6. The van der Waals surface area contributed by atoms with E-state index in [9.17, 15) is 9.59 Å². The predicted molar refractivity (Wildman–Crippen MR) is 140 cm³/mol. The molecular formula is C28H38N4O2S. The molecule has 2 aliphatic heterocycles. The van der Waals surface area contributed by atoms with Crippen molar-refractivity contribution in [2.45, 2.75) is 51.4 Å². The Labute approximate surface area is 212 Å². The molecule has 2 amide bonds. The largest absolute Gasteiger partial charge is 0.353 e. The summed E-state index contributed by atoms with van der Waals surface area (Å²) in [6.07, 6.45) is 9.80. The number of nitrogens with zero attached hydrogens (tertiary/aromatic N) is 4. The Kier molecular flexibility index (Phi) is 6.56. The molecule has 5 fully saturated rings. The fourth-order valence-corrected chi connectivity index (χ4v) is 8.19. The van der Waals surface area contributed by atoms with Gasteiger partial charge in [0.2, 0.25) is 11.8 Å². The molecule has 0 N–H and O–H groups in total. The molecule has 188 valence electrons. The summed E-state index contributed by atoms with van der Waals surface area (Å²) in [6, 6.07) is 8.49. The van der Waals surface area contributed by atoms with E-state index in [1.54, 1.807) is 16.4 Å². The Bertz CT molecular complexity index is 1040. The average molecular weight is 495 g/mol. The van der Waals surface area contributed by atoms with Gasteiger partial charge in [-0.05, 0) is 80.6 Å². The van der Waals surface area contributed by atoms with Gasteiger partial charge in [-0.15, -0.1) is 0 Å². The van der Waals surface area contributed by atoms with Gasteiger partial charge in [0, 0.05) is 38.1 Å². The average Bonchev–Trinajstić information content (AvgIpc) is 3.66. The van der Waals surface area contributed by atoms with Crippen molar-refractivity contribution in [3.8, 4) is 0 Å². The molecule has 0 radical (unpaired) electrons. The third-order valence-electron chi connectivity index (χ3n) is 9.35. The Morgan fingerprint density at radius 1 is 0.886 bits per heavy atom. The summed E-state index contributed by atoms with van der Waals surface area (Å²) in [7, 11) is 2.18. The molecule has 0 spiro atoms. The van der Waals surface area contributed by atoms with E-state index in [0.717, 1.165) is 39.1 Å². The van der Waals surface area contributed by atoms with Gasteiger partial charge >= 0.3 is 0 Å². The number of amides is 2. The fraction of sp³-hybridized carbons (Fsp3) is 0.679. The number of likely N-dealkylation sites (tertiary alicyclic amines) is 1. The van der Waals surface area contributed by atoms with Crippen LogP contribution in [0.4, 0.5) is 5.82 Å². The molecule has 1 aromatic heterocycles. The lowest BCUT2D eigenvalue weighted by molar-refractivity contribution is -0.141. The molecule has 6 nitrogen and oxygen atoms in total. The number of imide groups is 1. The zero-order chi connectivity index (χ0) is 23.9. The number of carbonyl (C=O) groups is 2. The predicted octanol–water partition coefficient (Wildman–Crippen LogP) is 4.65. The highest BCUT2D eigenvalue weighted by Crippen LogP contribution is 2.56. The van der Waals surface area contributed by atoms with Gasteiger partial charge in [-0.3, -0.25) is 14.5 Å². The van der Waals surface area contributed by atoms with Crippen molar-refractivity contribution in [1.82, 2.24) is 14.2 Å². The van der Waals surface area contributed by atoms with Gasteiger partial charge in [0.15, 0.2) is 0 Å². The fourth-order valence-electron chi connectivity index (χ4n) is 7.40. The van der Waals surface area contributed by atoms with Crippen LogP contribution in [0.25, 0.3) is 10.1 Å².